The summed E-state index contributed by atoms with van der Waals surface area (Å²) in [6.07, 6.45) is 1.49. The van der Waals surface area contributed by atoms with Crippen molar-refractivity contribution >= 4 is 23.4 Å². The zero-order chi connectivity index (χ0) is 19.9. The maximum atomic E-state index is 13.9. The predicted molar refractivity (Wildman–Crippen MR) is 105 cm³/mol. The molecule has 1 N–H and O–H groups in total. The van der Waals surface area contributed by atoms with E-state index in [2.05, 4.69) is 5.32 Å². The Morgan fingerprint density at radius 3 is 2.50 bits per heavy atom. The van der Waals surface area contributed by atoms with Crippen LogP contribution in [0.25, 0.3) is 0 Å². The Balaban J connectivity index is 1.42. The van der Waals surface area contributed by atoms with Gasteiger partial charge in [0.25, 0.3) is 5.91 Å². The van der Waals surface area contributed by atoms with Gasteiger partial charge < -0.3 is 15.0 Å². The fourth-order valence-electron chi connectivity index (χ4n) is 3.17. The standard InChI is InChI=1S/C21H22ClFN2O3/c22-17-7-4-8-18(23)20(17)21(27)25-12-9-15(10-13-25)24-19(26)11-14-28-16-5-2-1-3-6-16/h1-8,15H,9-14H2,(H,24,26). The highest BCUT2D eigenvalue weighted by molar-refractivity contribution is 6.33. The normalized spacial score (nSPS) is 14.6. The summed E-state index contributed by atoms with van der Waals surface area (Å²) in [4.78, 5) is 26.2. The van der Waals surface area contributed by atoms with Gasteiger partial charge in [0.05, 0.1) is 23.6 Å². The van der Waals surface area contributed by atoms with Crippen molar-refractivity contribution in [3.05, 3.63) is 64.9 Å². The van der Waals surface area contributed by atoms with E-state index in [0.717, 1.165) is 5.75 Å². The molecule has 0 unspecified atom stereocenters. The molecular formula is C21H22ClFN2O3. The quantitative estimate of drug-likeness (QED) is 0.799. The summed E-state index contributed by atoms with van der Waals surface area (Å²) in [5, 5.41) is 3.08. The lowest BCUT2D eigenvalue weighted by atomic mass is 10.0. The molecule has 2 aromatic rings. The minimum Gasteiger partial charge on any atom is -0.493 e. The van der Waals surface area contributed by atoms with E-state index in [1.807, 2.05) is 30.3 Å². The number of rotatable bonds is 6. The van der Waals surface area contributed by atoms with Gasteiger partial charge >= 0.3 is 0 Å². The summed E-state index contributed by atoms with van der Waals surface area (Å²) in [5.41, 5.74) is -0.0929. The number of hydrogen-bond donors (Lipinski definition) is 1. The van der Waals surface area contributed by atoms with E-state index in [0.29, 0.717) is 32.5 Å². The van der Waals surface area contributed by atoms with Gasteiger partial charge in [-0.1, -0.05) is 35.9 Å². The third-order valence-corrected chi connectivity index (χ3v) is 4.98. The molecule has 2 aromatic carbocycles. The molecule has 0 bridgehead atoms. The van der Waals surface area contributed by atoms with Crippen molar-refractivity contribution in [2.75, 3.05) is 19.7 Å². The first-order valence-corrected chi connectivity index (χ1v) is 9.63. The number of benzene rings is 2. The Hall–Kier alpha value is -2.60. The molecule has 28 heavy (non-hydrogen) atoms. The van der Waals surface area contributed by atoms with Gasteiger partial charge in [0.2, 0.25) is 5.91 Å². The molecule has 3 rings (SSSR count). The van der Waals surface area contributed by atoms with Crippen LogP contribution in [0.2, 0.25) is 5.02 Å². The first-order valence-electron chi connectivity index (χ1n) is 9.25. The number of nitrogens with one attached hydrogen (secondary N) is 1. The van der Waals surface area contributed by atoms with Gasteiger partial charge in [-0.3, -0.25) is 9.59 Å². The van der Waals surface area contributed by atoms with Gasteiger partial charge in [0.1, 0.15) is 11.6 Å². The highest BCUT2D eigenvalue weighted by Crippen LogP contribution is 2.22. The lowest BCUT2D eigenvalue weighted by Crippen LogP contribution is -2.47. The minimum atomic E-state index is -0.619. The van der Waals surface area contributed by atoms with Gasteiger partial charge in [-0.25, -0.2) is 4.39 Å². The summed E-state index contributed by atoms with van der Waals surface area (Å²) in [6, 6.07) is 13.5. The van der Waals surface area contributed by atoms with Crippen LogP contribution in [-0.2, 0) is 4.79 Å². The summed E-state index contributed by atoms with van der Waals surface area (Å²) >= 11 is 5.98. The number of amides is 2. The summed E-state index contributed by atoms with van der Waals surface area (Å²) in [6.45, 7) is 1.18. The number of nitrogens with zero attached hydrogens (tertiary/aromatic N) is 1. The van der Waals surface area contributed by atoms with Gasteiger partial charge in [-0.05, 0) is 37.1 Å². The van der Waals surface area contributed by atoms with Crippen LogP contribution < -0.4 is 10.1 Å². The largest absolute Gasteiger partial charge is 0.493 e. The van der Waals surface area contributed by atoms with Crippen molar-refractivity contribution in [2.45, 2.75) is 25.3 Å². The van der Waals surface area contributed by atoms with E-state index in [1.54, 1.807) is 4.90 Å². The van der Waals surface area contributed by atoms with Crippen LogP contribution in [0.1, 0.15) is 29.6 Å². The van der Waals surface area contributed by atoms with Crippen molar-refractivity contribution in [1.82, 2.24) is 10.2 Å². The van der Waals surface area contributed by atoms with Crippen molar-refractivity contribution < 1.29 is 18.7 Å². The average molecular weight is 405 g/mol. The molecule has 0 atom stereocenters. The zero-order valence-corrected chi connectivity index (χ0v) is 16.1. The van der Waals surface area contributed by atoms with Crippen LogP contribution in [0, 0.1) is 5.82 Å². The Labute approximate surface area is 168 Å². The number of para-hydroxylation sites is 1. The molecule has 5 nitrogen and oxygen atoms in total. The molecule has 0 aromatic heterocycles. The van der Waals surface area contributed by atoms with Crippen LogP contribution in [-0.4, -0.2) is 42.5 Å². The smallest absolute Gasteiger partial charge is 0.258 e. The molecule has 0 spiro atoms. The van der Waals surface area contributed by atoms with Crippen LogP contribution in [0.3, 0.4) is 0 Å². The fraction of sp³-hybridized carbons (Fsp3) is 0.333. The first-order chi connectivity index (χ1) is 13.5. The van der Waals surface area contributed by atoms with E-state index in [9.17, 15) is 14.0 Å². The van der Waals surface area contributed by atoms with Crippen molar-refractivity contribution in [1.29, 1.82) is 0 Å². The van der Waals surface area contributed by atoms with E-state index in [1.165, 1.54) is 18.2 Å². The molecule has 1 heterocycles. The fourth-order valence-corrected chi connectivity index (χ4v) is 3.41. The molecule has 0 aliphatic carbocycles. The molecule has 1 aliphatic heterocycles. The molecule has 2 amide bonds. The summed E-state index contributed by atoms with van der Waals surface area (Å²) < 4.78 is 19.5. The second kappa shape index (κ2) is 9.55. The molecule has 1 aliphatic rings. The average Bonchev–Trinajstić information content (AvgIpc) is 2.69. The second-order valence-corrected chi connectivity index (χ2v) is 7.05. The highest BCUT2D eigenvalue weighted by Gasteiger charge is 2.27. The van der Waals surface area contributed by atoms with E-state index in [4.69, 9.17) is 16.3 Å². The molecule has 0 radical (unpaired) electrons. The maximum Gasteiger partial charge on any atom is 0.258 e. The van der Waals surface area contributed by atoms with Crippen molar-refractivity contribution in [3.63, 3.8) is 0 Å². The number of carbonyl (C=O) groups excluding carboxylic acids is 2. The molecule has 7 heteroatoms. The number of piperidine rings is 1. The molecule has 1 saturated heterocycles. The minimum absolute atomic E-state index is 0.00984. The maximum absolute atomic E-state index is 13.9. The predicted octanol–water partition coefficient (Wildman–Crippen LogP) is 3.67. The number of carbonyl (C=O) groups is 2. The summed E-state index contributed by atoms with van der Waals surface area (Å²) in [5.74, 6) is -0.387. The van der Waals surface area contributed by atoms with Gasteiger partial charge in [0.15, 0.2) is 0 Å². The Bertz CT molecular complexity index is 803. The van der Waals surface area contributed by atoms with Crippen molar-refractivity contribution in [3.8, 4) is 5.75 Å². The molecule has 0 saturated carbocycles. The summed E-state index contributed by atoms with van der Waals surface area (Å²) in [7, 11) is 0. The third-order valence-electron chi connectivity index (χ3n) is 4.66. The second-order valence-electron chi connectivity index (χ2n) is 6.64. The molecular weight excluding hydrogens is 383 g/mol. The number of hydrogen-bond acceptors (Lipinski definition) is 3. The SMILES string of the molecule is O=C(CCOc1ccccc1)NC1CCN(C(=O)c2c(F)cccc2Cl)CC1. The van der Waals surface area contributed by atoms with Crippen LogP contribution in [0.4, 0.5) is 4.39 Å². The molecule has 1 fully saturated rings. The lowest BCUT2D eigenvalue weighted by molar-refractivity contribution is -0.122. The topological polar surface area (TPSA) is 58.6 Å². The number of halogens is 2. The van der Waals surface area contributed by atoms with Crippen LogP contribution in [0.15, 0.2) is 48.5 Å². The monoisotopic (exact) mass is 404 g/mol. The Kier molecular flexibility index (Phi) is 6.87. The van der Waals surface area contributed by atoms with Crippen LogP contribution >= 0.6 is 11.6 Å². The number of likely N-dealkylation sites (tertiary alicyclic amines) is 1. The Morgan fingerprint density at radius 1 is 1.11 bits per heavy atom. The van der Waals surface area contributed by atoms with Gasteiger partial charge in [-0.15, -0.1) is 0 Å². The van der Waals surface area contributed by atoms with Gasteiger partial charge in [-0.2, -0.15) is 0 Å². The lowest BCUT2D eigenvalue weighted by Gasteiger charge is -2.32. The van der Waals surface area contributed by atoms with Gasteiger partial charge in [0, 0.05) is 19.1 Å². The third kappa shape index (κ3) is 5.23. The zero-order valence-electron chi connectivity index (χ0n) is 15.4. The highest BCUT2D eigenvalue weighted by atomic mass is 35.5. The van der Waals surface area contributed by atoms with E-state index >= 15 is 0 Å². The first kappa shape index (κ1) is 20.1. The van der Waals surface area contributed by atoms with E-state index in [-0.39, 0.29) is 29.0 Å². The van der Waals surface area contributed by atoms with Crippen LogP contribution in [0.5, 0.6) is 5.75 Å². The van der Waals surface area contributed by atoms with E-state index < -0.39 is 11.7 Å². The van der Waals surface area contributed by atoms with Crippen molar-refractivity contribution in [2.24, 2.45) is 0 Å². The Morgan fingerprint density at radius 2 is 1.82 bits per heavy atom. The molecule has 148 valence electrons. The number of ether oxygens (including phenoxy) is 1.